The van der Waals surface area contributed by atoms with E-state index in [4.69, 9.17) is 16.7 Å². The largest absolute Gasteiger partial charge is 0.481 e. The van der Waals surface area contributed by atoms with Crippen LogP contribution in [-0.2, 0) is 4.79 Å². The first kappa shape index (κ1) is 20.9. The van der Waals surface area contributed by atoms with Gasteiger partial charge in [0.15, 0.2) is 0 Å². The summed E-state index contributed by atoms with van der Waals surface area (Å²) in [6, 6.07) is 10.7. The maximum atomic E-state index is 13.0. The first-order valence-corrected chi connectivity index (χ1v) is 10.0. The Labute approximate surface area is 175 Å². The summed E-state index contributed by atoms with van der Waals surface area (Å²) < 4.78 is 0. The van der Waals surface area contributed by atoms with Crippen molar-refractivity contribution in [1.29, 1.82) is 0 Å². The summed E-state index contributed by atoms with van der Waals surface area (Å²) in [4.78, 5) is 29.7. The van der Waals surface area contributed by atoms with Crippen LogP contribution in [-0.4, -0.2) is 33.5 Å². The number of aliphatic carboxylic acids is 1. The van der Waals surface area contributed by atoms with Crippen molar-refractivity contribution in [3.05, 3.63) is 71.5 Å². The molecule has 2 unspecified atom stereocenters. The number of carbonyl (C=O) groups excluding carboxylic acids is 1. The van der Waals surface area contributed by atoms with Gasteiger partial charge in [-0.15, -0.1) is 0 Å². The van der Waals surface area contributed by atoms with Crippen molar-refractivity contribution in [1.82, 2.24) is 9.88 Å². The maximum Gasteiger partial charge on any atom is 0.322 e. The number of anilines is 1. The van der Waals surface area contributed by atoms with E-state index in [1.807, 2.05) is 29.2 Å². The van der Waals surface area contributed by atoms with E-state index in [0.717, 1.165) is 18.4 Å². The third kappa shape index (κ3) is 5.81. The van der Waals surface area contributed by atoms with Gasteiger partial charge in [-0.25, -0.2) is 4.79 Å². The monoisotopic (exact) mass is 413 g/mol. The van der Waals surface area contributed by atoms with Crippen molar-refractivity contribution >= 4 is 29.3 Å². The number of likely N-dealkylation sites (tertiary alicyclic amines) is 1. The Balaban J connectivity index is 1.71. The summed E-state index contributed by atoms with van der Waals surface area (Å²) in [5.74, 6) is -0.551. The number of hydrogen-bond acceptors (Lipinski definition) is 3. The Morgan fingerprint density at radius 3 is 2.72 bits per heavy atom. The molecule has 1 aliphatic rings. The molecule has 1 saturated heterocycles. The minimum Gasteiger partial charge on any atom is -0.481 e. The molecule has 152 valence electrons. The molecule has 2 aromatic rings. The summed E-state index contributed by atoms with van der Waals surface area (Å²) in [6.07, 6.45) is 9.75. The van der Waals surface area contributed by atoms with Crippen LogP contribution in [0, 0.1) is 5.92 Å². The zero-order valence-corrected chi connectivity index (χ0v) is 16.8. The number of nitrogens with zero attached hydrogens (tertiary/aromatic N) is 2. The molecule has 1 fully saturated rings. The number of nitrogens with one attached hydrogen (secondary N) is 1. The van der Waals surface area contributed by atoms with E-state index in [2.05, 4.69) is 10.3 Å². The predicted molar refractivity (Wildman–Crippen MR) is 113 cm³/mol. The molecule has 1 aliphatic heterocycles. The summed E-state index contributed by atoms with van der Waals surface area (Å²) in [7, 11) is 0. The highest BCUT2D eigenvalue weighted by molar-refractivity contribution is 6.30. The van der Waals surface area contributed by atoms with Gasteiger partial charge in [-0.1, -0.05) is 29.8 Å². The number of halogens is 1. The normalized spacial score (nSPS) is 18.9. The van der Waals surface area contributed by atoms with E-state index >= 15 is 0 Å². The number of carboxylic acid groups (broad SMARTS) is 1. The molecular weight excluding hydrogens is 390 g/mol. The van der Waals surface area contributed by atoms with Crippen LogP contribution < -0.4 is 5.32 Å². The highest BCUT2D eigenvalue weighted by Gasteiger charge is 2.37. The number of amides is 2. The van der Waals surface area contributed by atoms with Gasteiger partial charge < -0.3 is 15.3 Å². The van der Waals surface area contributed by atoms with Crippen LogP contribution in [0.15, 0.2) is 60.9 Å². The fourth-order valence-corrected chi connectivity index (χ4v) is 3.78. The molecule has 2 heterocycles. The zero-order chi connectivity index (χ0) is 20.6. The lowest BCUT2D eigenvalue weighted by molar-refractivity contribution is -0.136. The molecule has 2 N–H and O–H groups in total. The van der Waals surface area contributed by atoms with Crippen molar-refractivity contribution in [2.24, 2.45) is 5.92 Å². The molecule has 0 spiro atoms. The third-order valence-electron chi connectivity index (χ3n) is 5.04. The molecule has 0 bridgehead atoms. The minimum atomic E-state index is -0.797. The summed E-state index contributed by atoms with van der Waals surface area (Å²) in [5, 5.41) is 12.3. The van der Waals surface area contributed by atoms with Crippen LogP contribution in [0.1, 0.15) is 37.3 Å². The van der Waals surface area contributed by atoms with E-state index in [1.165, 1.54) is 0 Å². The van der Waals surface area contributed by atoms with E-state index in [9.17, 15) is 9.59 Å². The van der Waals surface area contributed by atoms with Gasteiger partial charge in [-0.3, -0.25) is 9.78 Å². The second-order valence-electron chi connectivity index (χ2n) is 7.05. The first-order valence-electron chi connectivity index (χ1n) is 9.64. The molecule has 2 amide bonds. The van der Waals surface area contributed by atoms with E-state index in [1.54, 1.807) is 36.7 Å². The molecule has 29 heavy (non-hydrogen) atoms. The second kappa shape index (κ2) is 10.1. The highest BCUT2D eigenvalue weighted by atomic mass is 35.5. The smallest absolute Gasteiger partial charge is 0.322 e. The van der Waals surface area contributed by atoms with Crippen molar-refractivity contribution in [2.75, 3.05) is 11.9 Å². The number of rotatable bonds is 7. The number of carboxylic acids is 1. The van der Waals surface area contributed by atoms with Gasteiger partial charge in [0.25, 0.3) is 0 Å². The number of urea groups is 1. The van der Waals surface area contributed by atoms with Gasteiger partial charge in [0.1, 0.15) is 0 Å². The second-order valence-corrected chi connectivity index (χ2v) is 7.49. The molecule has 0 aliphatic carbocycles. The van der Waals surface area contributed by atoms with Crippen molar-refractivity contribution in [3.8, 4) is 0 Å². The Kier molecular flexibility index (Phi) is 7.25. The zero-order valence-electron chi connectivity index (χ0n) is 16.0. The Bertz CT molecular complexity index is 855. The van der Waals surface area contributed by atoms with Gasteiger partial charge in [-0.05, 0) is 61.1 Å². The average Bonchev–Trinajstić information content (AvgIpc) is 3.14. The molecule has 3 rings (SSSR count). The molecule has 7 heteroatoms. The van der Waals surface area contributed by atoms with Crippen molar-refractivity contribution < 1.29 is 14.7 Å². The van der Waals surface area contributed by atoms with Crippen LogP contribution >= 0.6 is 11.6 Å². The van der Waals surface area contributed by atoms with Crippen molar-refractivity contribution in [2.45, 2.75) is 31.7 Å². The van der Waals surface area contributed by atoms with Crippen LogP contribution in [0.4, 0.5) is 10.5 Å². The molecular formula is C22H24ClN3O3. The van der Waals surface area contributed by atoms with Gasteiger partial charge >= 0.3 is 12.0 Å². The lowest BCUT2D eigenvalue weighted by Gasteiger charge is -2.28. The molecule has 2 atom stereocenters. The quantitative estimate of drug-likeness (QED) is 0.615. The maximum absolute atomic E-state index is 13.0. The number of benzene rings is 1. The minimum absolute atomic E-state index is 0.0832. The Morgan fingerprint density at radius 1 is 1.24 bits per heavy atom. The number of pyridine rings is 1. The van der Waals surface area contributed by atoms with Crippen LogP contribution in [0.25, 0.3) is 0 Å². The predicted octanol–water partition coefficient (Wildman–Crippen LogP) is 5.14. The molecule has 0 saturated carbocycles. The lowest BCUT2D eigenvalue weighted by Crippen LogP contribution is -2.35. The molecule has 1 aromatic heterocycles. The molecule has 0 radical (unpaired) electrons. The third-order valence-corrected chi connectivity index (χ3v) is 5.29. The van der Waals surface area contributed by atoms with E-state index in [-0.39, 0.29) is 24.4 Å². The van der Waals surface area contributed by atoms with E-state index < -0.39 is 5.97 Å². The molecule has 1 aromatic carbocycles. The summed E-state index contributed by atoms with van der Waals surface area (Å²) in [5.41, 5.74) is 1.70. The topological polar surface area (TPSA) is 82.5 Å². The highest BCUT2D eigenvalue weighted by Crippen LogP contribution is 2.39. The fourth-order valence-electron chi connectivity index (χ4n) is 3.66. The number of carbonyl (C=O) groups is 2. The van der Waals surface area contributed by atoms with E-state index in [0.29, 0.717) is 23.7 Å². The summed E-state index contributed by atoms with van der Waals surface area (Å²) >= 11 is 5.92. The average molecular weight is 414 g/mol. The Hall–Kier alpha value is -2.86. The summed E-state index contributed by atoms with van der Waals surface area (Å²) in [6.45, 7) is 0.645. The lowest BCUT2D eigenvalue weighted by atomic mass is 9.91. The first-order chi connectivity index (χ1) is 14.0. The number of allylic oxidation sites excluding steroid dienone is 2. The van der Waals surface area contributed by atoms with Crippen LogP contribution in [0.5, 0.6) is 0 Å². The van der Waals surface area contributed by atoms with Gasteiger partial charge in [0, 0.05) is 36.1 Å². The fraction of sp³-hybridized carbons (Fsp3) is 0.318. The molecule has 6 nitrogen and oxygen atoms in total. The van der Waals surface area contributed by atoms with Crippen molar-refractivity contribution in [3.63, 3.8) is 0 Å². The standard InChI is InChI=1S/C22H24ClN3O3/c23-18-8-10-19(11-9-18)25-22(29)26-14-12-16(5-2-1-3-7-20(27)28)21(26)17-6-4-13-24-15-17/h1-2,4,6,8-11,13,15-16,21H,3,5,7,12,14H2,(H,25,29)(H,27,28). The van der Waals surface area contributed by atoms with Gasteiger partial charge in [0.05, 0.1) is 6.04 Å². The SMILES string of the molecule is O=C(O)CCC=CCC1CCN(C(=O)Nc2ccc(Cl)cc2)C1c1cccnc1. The Morgan fingerprint density at radius 2 is 2.03 bits per heavy atom. The van der Waals surface area contributed by atoms with Gasteiger partial charge in [0.2, 0.25) is 0 Å². The van der Waals surface area contributed by atoms with Crippen LogP contribution in [0.3, 0.4) is 0 Å². The van der Waals surface area contributed by atoms with Gasteiger partial charge in [-0.2, -0.15) is 0 Å². The van der Waals surface area contributed by atoms with Crippen LogP contribution in [0.2, 0.25) is 5.02 Å². The number of hydrogen-bond donors (Lipinski definition) is 2. The number of aromatic nitrogens is 1.